The third-order valence-corrected chi connectivity index (χ3v) is 7.31. The number of carbonyl (C=O) groups excluding carboxylic acids is 1. The molecule has 3 fully saturated rings. The molecule has 0 N–H and O–H groups in total. The molecule has 0 aromatic heterocycles. The molecule has 1 saturated heterocycles. The van der Waals surface area contributed by atoms with Crippen LogP contribution in [-0.2, 0) is 4.79 Å². The van der Waals surface area contributed by atoms with Crippen molar-refractivity contribution in [3.8, 4) is 0 Å². The topological polar surface area (TPSA) is 23.6 Å². The summed E-state index contributed by atoms with van der Waals surface area (Å²) in [5.74, 6) is 1.96. The third kappa shape index (κ3) is 3.37. The first kappa shape index (κ1) is 17.9. The maximum absolute atomic E-state index is 13.6. The zero-order chi connectivity index (χ0) is 18.9. The standard InChI is InChI=1S/C25H30N2O/c28-25(24(20-7-3-1-4-8-20)21-9-5-2-6-10-21)27-15-13-26(14-16-27)23-18-19-11-12-22(23)17-19/h1-10,19,22-24H,11-18H2. The van der Waals surface area contributed by atoms with Gasteiger partial charge in [0.2, 0.25) is 5.91 Å². The molecule has 146 valence electrons. The maximum atomic E-state index is 13.6. The number of piperazine rings is 1. The summed E-state index contributed by atoms with van der Waals surface area (Å²) < 4.78 is 0. The number of hydrogen-bond acceptors (Lipinski definition) is 2. The van der Waals surface area contributed by atoms with Crippen LogP contribution in [-0.4, -0.2) is 47.9 Å². The van der Waals surface area contributed by atoms with E-state index in [1.165, 1.54) is 25.7 Å². The minimum atomic E-state index is -0.198. The first-order valence-electron chi connectivity index (χ1n) is 10.9. The van der Waals surface area contributed by atoms with E-state index in [0.29, 0.717) is 0 Å². The third-order valence-electron chi connectivity index (χ3n) is 7.31. The van der Waals surface area contributed by atoms with Gasteiger partial charge in [0.25, 0.3) is 0 Å². The Kier molecular flexibility index (Phi) is 4.94. The quantitative estimate of drug-likeness (QED) is 0.803. The molecule has 0 spiro atoms. The molecule has 0 radical (unpaired) electrons. The Hall–Kier alpha value is -2.13. The Morgan fingerprint density at radius 2 is 1.39 bits per heavy atom. The highest BCUT2D eigenvalue weighted by Crippen LogP contribution is 2.46. The molecule has 2 aliphatic carbocycles. The maximum Gasteiger partial charge on any atom is 0.234 e. The van der Waals surface area contributed by atoms with E-state index in [9.17, 15) is 4.79 Å². The Morgan fingerprint density at radius 1 is 0.786 bits per heavy atom. The molecule has 3 aliphatic rings. The normalized spacial score (nSPS) is 27.5. The van der Waals surface area contributed by atoms with E-state index >= 15 is 0 Å². The van der Waals surface area contributed by atoms with Crippen LogP contribution in [0.4, 0.5) is 0 Å². The molecule has 3 heteroatoms. The fourth-order valence-corrected chi connectivity index (χ4v) is 5.88. The number of amides is 1. The molecule has 3 nitrogen and oxygen atoms in total. The van der Waals surface area contributed by atoms with Crippen molar-refractivity contribution >= 4 is 5.91 Å². The fourth-order valence-electron chi connectivity index (χ4n) is 5.88. The van der Waals surface area contributed by atoms with E-state index in [2.05, 4.69) is 34.1 Å². The van der Waals surface area contributed by atoms with Crippen LogP contribution in [0.2, 0.25) is 0 Å². The summed E-state index contributed by atoms with van der Waals surface area (Å²) in [5, 5.41) is 0. The van der Waals surface area contributed by atoms with E-state index in [0.717, 1.165) is 55.2 Å². The average molecular weight is 375 g/mol. The Labute approximate surface area is 168 Å². The summed E-state index contributed by atoms with van der Waals surface area (Å²) >= 11 is 0. The van der Waals surface area contributed by atoms with Crippen molar-refractivity contribution in [1.29, 1.82) is 0 Å². The van der Waals surface area contributed by atoms with Crippen LogP contribution in [0.3, 0.4) is 0 Å². The van der Waals surface area contributed by atoms with E-state index in [4.69, 9.17) is 0 Å². The number of carbonyl (C=O) groups is 1. The molecule has 1 heterocycles. The molecule has 1 aliphatic heterocycles. The highest BCUT2D eigenvalue weighted by Gasteiger charge is 2.43. The second-order valence-corrected chi connectivity index (χ2v) is 8.86. The summed E-state index contributed by atoms with van der Waals surface area (Å²) in [6.45, 7) is 3.80. The SMILES string of the molecule is O=C(C(c1ccccc1)c1ccccc1)N1CCN(C2CC3CCC2C3)CC1. The lowest BCUT2D eigenvalue weighted by atomic mass is 9.89. The monoisotopic (exact) mass is 374 g/mol. The van der Waals surface area contributed by atoms with Gasteiger partial charge in [-0.1, -0.05) is 67.1 Å². The molecule has 1 amide bonds. The van der Waals surface area contributed by atoms with E-state index in [1.54, 1.807) is 0 Å². The summed E-state index contributed by atoms with van der Waals surface area (Å²) in [7, 11) is 0. The van der Waals surface area contributed by atoms with Gasteiger partial charge >= 0.3 is 0 Å². The zero-order valence-corrected chi connectivity index (χ0v) is 16.5. The second-order valence-electron chi connectivity index (χ2n) is 8.86. The number of rotatable bonds is 4. The van der Waals surface area contributed by atoms with Crippen LogP contribution < -0.4 is 0 Å². The molecule has 2 saturated carbocycles. The van der Waals surface area contributed by atoms with Gasteiger partial charge in [-0.05, 0) is 42.2 Å². The summed E-state index contributed by atoms with van der Waals surface area (Å²) in [4.78, 5) is 18.4. The zero-order valence-electron chi connectivity index (χ0n) is 16.5. The van der Waals surface area contributed by atoms with Crippen LogP contribution in [0.5, 0.6) is 0 Å². The Morgan fingerprint density at radius 3 is 1.89 bits per heavy atom. The van der Waals surface area contributed by atoms with Crippen LogP contribution in [0.25, 0.3) is 0 Å². The van der Waals surface area contributed by atoms with Gasteiger partial charge in [-0.25, -0.2) is 0 Å². The number of hydrogen-bond donors (Lipinski definition) is 0. The number of fused-ring (bicyclic) bond motifs is 2. The molecule has 2 aromatic rings. The minimum absolute atomic E-state index is 0.198. The fraction of sp³-hybridized carbons (Fsp3) is 0.480. The highest BCUT2D eigenvalue weighted by atomic mass is 16.2. The summed E-state index contributed by atoms with van der Waals surface area (Å²) in [6.07, 6.45) is 5.73. The van der Waals surface area contributed by atoms with E-state index in [-0.39, 0.29) is 11.8 Å². The van der Waals surface area contributed by atoms with Gasteiger partial charge in [0, 0.05) is 32.2 Å². The molecular formula is C25H30N2O. The van der Waals surface area contributed by atoms with Gasteiger partial charge in [-0.15, -0.1) is 0 Å². The molecule has 3 unspecified atom stereocenters. The van der Waals surface area contributed by atoms with Crippen LogP contribution >= 0.6 is 0 Å². The second kappa shape index (κ2) is 7.71. The molecule has 2 bridgehead atoms. The van der Waals surface area contributed by atoms with Crippen molar-refractivity contribution in [2.45, 2.75) is 37.6 Å². The lowest BCUT2D eigenvalue weighted by molar-refractivity contribution is -0.134. The first-order valence-corrected chi connectivity index (χ1v) is 10.9. The predicted octanol–water partition coefficient (Wildman–Crippen LogP) is 4.15. The van der Waals surface area contributed by atoms with Gasteiger partial charge < -0.3 is 4.90 Å². The van der Waals surface area contributed by atoms with Crippen molar-refractivity contribution in [3.63, 3.8) is 0 Å². The van der Waals surface area contributed by atoms with Gasteiger partial charge in [0.05, 0.1) is 5.92 Å². The number of benzene rings is 2. The van der Waals surface area contributed by atoms with Gasteiger partial charge in [-0.2, -0.15) is 0 Å². The van der Waals surface area contributed by atoms with Crippen LogP contribution in [0, 0.1) is 11.8 Å². The highest BCUT2D eigenvalue weighted by molar-refractivity contribution is 5.87. The van der Waals surface area contributed by atoms with Crippen molar-refractivity contribution in [1.82, 2.24) is 9.80 Å². The van der Waals surface area contributed by atoms with Gasteiger partial charge in [0.15, 0.2) is 0 Å². The minimum Gasteiger partial charge on any atom is -0.339 e. The summed E-state index contributed by atoms with van der Waals surface area (Å²) in [5.41, 5.74) is 2.18. The Bertz CT molecular complexity index is 758. The Balaban J connectivity index is 1.30. The van der Waals surface area contributed by atoms with Gasteiger partial charge in [-0.3, -0.25) is 9.69 Å². The average Bonchev–Trinajstić information content (AvgIpc) is 3.39. The smallest absolute Gasteiger partial charge is 0.234 e. The first-order chi connectivity index (χ1) is 13.8. The summed E-state index contributed by atoms with van der Waals surface area (Å²) in [6, 6.07) is 21.3. The largest absolute Gasteiger partial charge is 0.339 e. The van der Waals surface area contributed by atoms with Crippen LogP contribution in [0.15, 0.2) is 60.7 Å². The molecule has 28 heavy (non-hydrogen) atoms. The van der Waals surface area contributed by atoms with E-state index in [1.807, 2.05) is 36.4 Å². The number of nitrogens with zero attached hydrogens (tertiary/aromatic N) is 2. The lowest BCUT2D eigenvalue weighted by Crippen LogP contribution is -2.54. The van der Waals surface area contributed by atoms with Gasteiger partial charge in [0.1, 0.15) is 0 Å². The van der Waals surface area contributed by atoms with Crippen molar-refractivity contribution in [2.24, 2.45) is 11.8 Å². The predicted molar refractivity (Wildman–Crippen MR) is 112 cm³/mol. The molecular weight excluding hydrogens is 344 g/mol. The molecule has 2 aromatic carbocycles. The van der Waals surface area contributed by atoms with Crippen molar-refractivity contribution < 1.29 is 4.79 Å². The van der Waals surface area contributed by atoms with Crippen molar-refractivity contribution in [2.75, 3.05) is 26.2 Å². The lowest BCUT2D eigenvalue weighted by Gasteiger charge is -2.41. The molecule has 3 atom stereocenters. The van der Waals surface area contributed by atoms with Crippen molar-refractivity contribution in [3.05, 3.63) is 71.8 Å². The van der Waals surface area contributed by atoms with Crippen LogP contribution in [0.1, 0.15) is 42.7 Å². The molecule has 5 rings (SSSR count). The van der Waals surface area contributed by atoms with E-state index < -0.39 is 0 Å².